The molecule has 0 saturated carbocycles. The normalized spacial score (nSPS) is 11.5. The summed E-state index contributed by atoms with van der Waals surface area (Å²) in [6, 6.07) is 21.3. The number of nitrogens with one attached hydrogen (secondary N) is 1. The summed E-state index contributed by atoms with van der Waals surface area (Å²) in [6.07, 6.45) is 3.54. The Balaban J connectivity index is 1.81. The van der Waals surface area contributed by atoms with Crippen molar-refractivity contribution < 1.29 is 0 Å². The van der Waals surface area contributed by atoms with Crippen molar-refractivity contribution in [2.75, 3.05) is 0 Å². The summed E-state index contributed by atoms with van der Waals surface area (Å²) in [5.74, 6) is 4.35. The van der Waals surface area contributed by atoms with Crippen molar-refractivity contribution in [3.8, 4) is 11.2 Å². The lowest BCUT2D eigenvalue weighted by molar-refractivity contribution is 0.545. The van der Waals surface area contributed by atoms with Gasteiger partial charge in [0.25, 0.3) is 0 Å². The van der Waals surface area contributed by atoms with Crippen LogP contribution in [0.3, 0.4) is 0 Å². The Morgan fingerprint density at radius 2 is 1.61 bits per heavy atom. The SMILES string of the molecule is CCCCC(C#CSCc1ccccc1)NCc1ccccc1. The third-order valence-electron chi connectivity index (χ3n) is 3.63. The van der Waals surface area contributed by atoms with Crippen molar-refractivity contribution >= 4 is 11.8 Å². The molecule has 1 nitrogen and oxygen atoms in total. The maximum absolute atomic E-state index is 3.58. The smallest absolute Gasteiger partial charge is 0.0701 e. The van der Waals surface area contributed by atoms with Crippen molar-refractivity contribution in [2.45, 2.75) is 44.5 Å². The lowest BCUT2D eigenvalue weighted by Gasteiger charge is -2.12. The van der Waals surface area contributed by atoms with Crippen LogP contribution in [0, 0.1) is 11.2 Å². The highest BCUT2D eigenvalue weighted by Gasteiger charge is 2.03. The maximum Gasteiger partial charge on any atom is 0.0701 e. The van der Waals surface area contributed by atoms with Crippen LogP contribution < -0.4 is 5.32 Å². The molecule has 1 N–H and O–H groups in total. The molecule has 0 aliphatic heterocycles. The first-order valence-electron chi connectivity index (χ1n) is 8.32. The van der Waals surface area contributed by atoms with Gasteiger partial charge in [-0.1, -0.05) is 98.1 Å². The molecule has 0 amide bonds. The predicted octanol–water partition coefficient (Wildman–Crippen LogP) is 5.23. The van der Waals surface area contributed by atoms with Gasteiger partial charge in [0.1, 0.15) is 0 Å². The predicted molar refractivity (Wildman–Crippen MR) is 102 cm³/mol. The first-order chi connectivity index (χ1) is 11.4. The minimum absolute atomic E-state index is 0.276. The molecule has 0 bridgehead atoms. The third kappa shape index (κ3) is 7.41. The average molecular weight is 324 g/mol. The van der Waals surface area contributed by atoms with Gasteiger partial charge in [-0.05, 0) is 22.8 Å². The van der Waals surface area contributed by atoms with Crippen molar-refractivity contribution in [1.29, 1.82) is 0 Å². The van der Waals surface area contributed by atoms with E-state index in [0.29, 0.717) is 0 Å². The van der Waals surface area contributed by atoms with E-state index in [1.54, 1.807) is 11.8 Å². The number of hydrogen-bond donors (Lipinski definition) is 1. The minimum atomic E-state index is 0.276. The Hall–Kier alpha value is -1.69. The second-order valence-electron chi connectivity index (χ2n) is 5.58. The monoisotopic (exact) mass is 323 g/mol. The summed E-state index contributed by atoms with van der Waals surface area (Å²) in [4.78, 5) is 0. The molecule has 0 saturated heterocycles. The second kappa shape index (κ2) is 10.9. The minimum Gasteiger partial charge on any atom is -0.300 e. The van der Waals surface area contributed by atoms with Crippen molar-refractivity contribution in [3.05, 3.63) is 71.8 Å². The van der Waals surface area contributed by atoms with Crippen LogP contribution in [0.5, 0.6) is 0 Å². The second-order valence-corrected chi connectivity index (χ2v) is 6.36. The quantitative estimate of drug-likeness (QED) is 0.668. The Morgan fingerprint density at radius 1 is 0.957 bits per heavy atom. The molecule has 23 heavy (non-hydrogen) atoms. The number of rotatable bonds is 8. The van der Waals surface area contributed by atoms with Gasteiger partial charge in [0.05, 0.1) is 6.04 Å². The Labute approximate surface area is 144 Å². The summed E-state index contributed by atoms with van der Waals surface area (Å²) < 4.78 is 0. The van der Waals surface area contributed by atoms with E-state index in [4.69, 9.17) is 0 Å². The fourth-order valence-electron chi connectivity index (χ4n) is 2.28. The number of unbranched alkanes of at least 4 members (excludes halogenated alkanes) is 1. The topological polar surface area (TPSA) is 12.0 Å². The van der Waals surface area contributed by atoms with Gasteiger partial charge in [0.2, 0.25) is 0 Å². The van der Waals surface area contributed by atoms with Crippen LogP contribution in [-0.4, -0.2) is 6.04 Å². The van der Waals surface area contributed by atoms with Gasteiger partial charge in [-0.2, -0.15) is 0 Å². The van der Waals surface area contributed by atoms with Gasteiger partial charge in [-0.3, -0.25) is 5.32 Å². The summed E-state index contributed by atoms with van der Waals surface area (Å²) in [7, 11) is 0. The zero-order chi connectivity index (χ0) is 16.2. The maximum atomic E-state index is 3.58. The van der Waals surface area contributed by atoms with E-state index < -0.39 is 0 Å². The average Bonchev–Trinajstić information content (AvgIpc) is 2.62. The summed E-state index contributed by atoms with van der Waals surface area (Å²) in [5, 5.41) is 6.87. The fourth-order valence-corrected chi connectivity index (χ4v) is 2.93. The number of benzene rings is 2. The Morgan fingerprint density at radius 3 is 2.26 bits per heavy atom. The molecule has 0 aliphatic rings. The molecular formula is C21H25NS. The number of hydrogen-bond acceptors (Lipinski definition) is 2. The zero-order valence-electron chi connectivity index (χ0n) is 13.8. The molecule has 2 heteroatoms. The van der Waals surface area contributed by atoms with Crippen LogP contribution in [0.1, 0.15) is 37.3 Å². The summed E-state index contributed by atoms with van der Waals surface area (Å²) in [6.45, 7) is 3.11. The lowest BCUT2D eigenvalue weighted by Crippen LogP contribution is -2.27. The molecule has 0 fully saturated rings. The van der Waals surface area contributed by atoms with Crippen LogP contribution in [0.4, 0.5) is 0 Å². The molecule has 0 aliphatic carbocycles. The van der Waals surface area contributed by atoms with Crippen molar-refractivity contribution in [2.24, 2.45) is 0 Å². The van der Waals surface area contributed by atoms with Gasteiger partial charge in [0.15, 0.2) is 0 Å². The van der Waals surface area contributed by atoms with Crippen molar-refractivity contribution in [1.82, 2.24) is 5.32 Å². The lowest BCUT2D eigenvalue weighted by atomic mass is 10.1. The van der Waals surface area contributed by atoms with Crippen LogP contribution in [0.25, 0.3) is 0 Å². The molecule has 2 aromatic rings. The molecule has 1 unspecified atom stereocenters. The van der Waals surface area contributed by atoms with Crippen LogP contribution >= 0.6 is 11.8 Å². The van der Waals surface area contributed by atoms with Crippen molar-refractivity contribution in [3.63, 3.8) is 0 Å². The van der Waals surface area contributed by atoms with Crippen LogP contribution in [-0.2, 0) is 12.3 Å². The van der Waals surface area contributed by atoms with Crippen LogP contribution in [0.15, 0.2) is 60.7 Å². The summed E-state index contributed by atoms with van der Waals surface area (Å²) in [5.41, 5.74) is 2.64. The zero-order valence-corrected chi connectivity index (χ0v) is 14.6. The van der Waals surface area contributed by atoms with E-state index in [-0.39, 0.29) is 6.04 Å². The van der Waals surface area contributed by atoms with E-state index in [1.165, 1.54) is 24.0 Å². The van der Waals surface area contributed by atoms with Gasteiger partial charge < -0.3 is 0 Å². The highest BCUT2D eigenvalue weighted by atomic mass is 32.2. The molecular weight excluding hydrogens is 298 g/mol. The van der Waals surface area contributed by atoms with Gasteiger partial charge in [-0.15, -0.1) is 0 Å². The molecule has 120 valence electrons. The Bertz CT molecular complexity index is 598. The summed E-state index contributed by atoms with van der Waals surface area (Å²) >= 11 is 1.69. The highest BCUT2D eigenvalue weighted by molar-refractivity contribution is 8.03. The molecule has 0 heterocycles. The Kier molecular flexibility index (Phi) is 8.40. The van der Waals surface area contributed by atoms with E-state index in [9.17, 15) is 0 Å². The standard InChI is InChI=1S/C21H25NS/c1-2-3-14-21(22-17-19-10-6-4-7-11-19)15-16-23-18-20-12-8-5-9-13-20/h4-13,21-22H,2-3,14,17-18H2,1H3. The fraction of sp³-hybridized carbons (Fsp3) is 0.333. The molecule has 0 spiro atoms. The van der Waals surface area contributed by atoms with E-state index in [0.717, 1.165) is 18.7 Å². The third-order valence-corrected chi connectivity index (χ3v) is 4.37. The van der Waals surface area contributed by atoms with Crippen LogP contribution in [0.2, 0.25) is 0 Å². The van der Waals surface area contributed by atoms with E-state index in [2.05, 4.69) is 78.0 Å². The van der Waals surface area contributed by atoms with E-state index in [1.807, 2.05) is 6.07 Å². The molecule has 0 radical (unpaired) electrons. The first kappa shape index (κ1) is 17.7. The van der Waals surface area contributed by atoms with Gasteiger partial charge >= 0.3 is 0 Å². The molecule has 2 rings (SSSR count). The van der Waals surface area contributed by atoms with Gasteiger partial charge in [-0.25, -0.2) is 0 Å². The van der Waals surface area contributed by atoms with E-state index >= 15 is 0 Å². The largest absolute Gasteiger partial charge is 0.300 e. The molecule has 2 aromatic carbocycles. The molecule has 1 atom stereocenters. The highest BCUT2D eigenvalue weighted by Crippen LogP contribution is 2.10. The first-order valence-corrected chi connectivity index (χ1v) is 9.30. The van der Waals surface area contributed by atoms with Gasteiger partial charge in [0, 0.05) is 12.3 Å². The number of thioether (sulfide) groups is 1. The molecule has 0 aromatic heterocycles.